The lowest BCUT2D eigenvalue weighted by Gasteiger charge is -2.26. The van der Waals surface area contributed by atoms with E-state index in [4.69, 9.17) is 18.9 Å². The molecule has 0 amide bonds. The van der Waals surface area contributed by atoms with Gasteiger partial charge in [-0.1, -0.05) is 27.3 Å². The summed E-state index contributed by atoms with van der Waals surface area (Å²) >= 11 is 9.36. The summed E-state index contributed by atoms with van der Waals surface area (Å²) in [4.78, 5) is 32.3. The van der Waals surface area contributed by atoms with Gasteiger partial charge in [0, 0.05) is 4.47 Å². The Morgan fingerprint density at radius 2 is 1.74 bits per heavy atom. The number of hydrogen-bond acceptors (Lipinski definition) is 8. The predicted molar refractivity (Wildman–Crippen MR) is 171 cm³/mol. The second-order valence-electron chi connectivity index (χ2n) is 8.28. The molecule has 2 heterocycles. The van der Waals surface area contributed by atoms with Crippen LogP contribution in [0.3, 0.4) is 0 Å². The average molecular weight is 839 g/mol. The van der Waals surface area contributed by atoms with Crippen molar-refractivity contribution in [2.75, 3.05) is 27.4 Å². The molecular weight excluding hydrogens is 814 g/mol. The zero-order chi connectivity index (χ0) is 28.4. The number of rotatable bonds is 8. The number of benzene rings is 2. The van der Waals surface area contributed by atoms with Crippen molar-refractivity contribution in [3.05, 3.63) is 78.0 Å². The Labute approximate surface area is 265 Å². The number of aromatic nitrogens is 1. The zero-order valence-corrected chi connectivity index (χ0v) is 28.5. The van der Waals surface area contributed by atoms with Crippen LogP contribution in [0.5, 0.6) is 17.2 Å². The average Bonchev–Trinajstić information content (AvgIpc) is 3.19. The van der Waals surface area contributed by atoms with Crippen LogP contribution in [0.2, 0.25) is 0 Å². The third-order valence-corrected chi connectivity index (χ3v) is 9.19. The van der Waals surface area contributed by atoms with Crippen LogP contribution in [0.4, 0.5) is 0 Å². The lowest BCUT2D eigenvalue weighted by molar-refractivity contribution is -0.139. The number of ether oxygens (including phenoxy) is 4. The minimum atomic E-state index is -0.794. The van der Waals surface area contributed by atoms with Gasteiger partial charge in [0.15, 0.2) is 16.3 Å². The van der Waals surface area contributed by atoms with Crippen LogP contribution in [0.25, 0.3) is 6.08 Å². The Morgan fingerprint density at radius 3 is 2.33 bits per heavy atom. The van der Waals surface area contributed by atoms with Crippen LogP contribution in [0.15, 0.2) is 49.8 Å². The fourth-order valence-electron chi connectivity index (χ4n) is 4.26. The van der Waals surface area contributed by atoms with Crippen LogP contribution >= 0.6 is 72.4 Å². The number of thiazole rings is 1. The van der Waals surface area contributed by atoms with Gasteiger partial charge in [-0.15, -0.1) is 0 Å². The van der Waals surface area contributed by atoms with E-state index >= 15 is 0 Å². The standard InChI is InChI=1S/C27H25BrI2N2O6S/c1-6-37-24-17(29)8-14(9-18(24)30)10-21-25(33)32-23(15-11-19(35-4)20(36-5)12-16(15)28)22(26(34)38-7-2)13(3)31-27(32)39-21/h8-12,23H,6-7H2,1-5H3/b21-10-/t23-/m1/s1. The molecule has 0 N–H and O–H groups in total. The SMILES string of the molecule is CCOC(=O)C1=C(C)N=c2s/c(=C\c3cc(I)c(OCC)c(I)c3)c(=O)n2[C@@H]1c1cc(OC)c(OC)cc1Br. The van der Waals surface area contributed by atoms with E-state index in [1.54, 1.807) is 37.7 Å². The van der Waals surface area contributed by atoms with Crippen LogP contribution in [-0.2, 0) is 9.53 Å². The Morgan fingerprint density at radius 1 is 1.10 bits per heavy atom. The van der Waals surface area contributed by atoms with E-state index in [0.717, 1.165) is 18.5 Å². The first kappa shape index (κ1) is 30.1. The number of nitrogens with zero attached hydrogens (tertiary/aromatic N) is 2. The van der Waals surface area contributed by atoms with Crippen LogP contribution in [0, 0.1) is 7.14 Å². The summed E-state index contributed by atoms with van der Waals surface area (Å²) in [6.07, 6.45) is 1.84. The van der Waals surface area contributed by atoms with Gasteiger partial charge in [-0.2, -0.15) is 0 Å². The number of hydrogen-bond donors (Lipinski definition) is 0. The summed E-state index contributed by atoms with van der Waals surface area (Å²) in [5, 5.41) is 0. The first-order valence-electron chi connectivity index (χ1n) is 11.9. The highest BCUT2D eigenvalue weighted by atomic mass is 127. The fourth-order valence-corrected chi connectivity index (χ4v) is 7.98. The summed E-state index contributed by atoms with van der Waals surface area (Å²) < 4.78 is 26.7. The quantitative estimate of drug-likeness (QED) is 0.230. The van der Waals surface area contributed by atoms with Gasteiger partial charge < -0.3 is 18.9 Å². The van der Waals surface area contributed by atoms with Gasteiger partial charge >= 0.3 is 5.97 Å². The molecule has 8 nitrogen and oxygen atoms in total. The maximum Gasteiger partial charge on any atom is 0.338 e. The van der Waals surface area contributed by atoms with Gasteiger partial charge in [0.2, 0.25) is 0 Å². The second kappa shape index (κ2) is 12.7. The van der Waals surface area contributed by atoms with Crippen LogP contribution in [0.1, 0.15) is 37.9 Å². The highest BCUT2D eigenvalue weighted by Gasteiger charge is 2.35. The first-order valence-corrected chi connectivity index (χ1v) is 15.6. The number of carbonyl (C=O) groups excluding carboxylic acids is 1. The third-order valence-electron chi connectivity index (χ3n) is 5.92. The summed E-state index contributed by atoms with van der Waals surface area (Å²) in [5.41, 5.74) is 2.01. The molecule has 0 saturated heterocycles. The summed E-state index contributed by atoms with van der Waals surface area (Å²) in [6, 6.07) is 6.68. The molecule has 1 aliphatic rings. The summed E-state index contributed by atoms with van der Waals surface area (Å²) in [7, 11) is 3.08. The van der Waals surface area contributed by atoms with E-state index in [1.807, 2.05) is 25.1 Å². The Hall–Kier alpha value is -1.91. The second-order valence-corrected chi connectivity index (χ2v) is 12.5. The molecule has 12 heteroatoms. The van der Waals surface area contributed by atoms with Crippen molar-refractivity contribution in [2.24, 2.45) is 4.99 Å². The molecule has 3 aromatic rings. The lowest BCUT2D eigenvalue weighted by Crippen LogP contribution is -2.40. The van der Waals surface area contributed by atoms with Crippen molar-refractivity contribution in [3.63, 3.8) is 0 Å². The highest BCUT2D eigenvalue weighted by Crippen LogP contribution is 2.40. The van der Waals surface area contributed by atoms with Crippen molar-refractivity contribution >= 4 is 84.5 Å². The Kier molecular flexibility index (Phi) is 9.81. The van der Waals surface area contributed by atoms with Gasteiger partial charge in [-0.3, -0.25) is 9.36 Å². The van der Waals surface area contributed by atoms with Crippen molar-refractivity contribution in [1.29, 1.82) is 0 Å². The summed E-state index contributed by atoms with van der Waals surface area (Å²) in [6.45, 7) is 6.19. The molecule has 4 rings (SSSR count). The molecule has 1 aromatic heterocycles. The van der Waals surface area contributed by atoms with E-state index in [0.29, 0.717) is 43.2 Å². The van der Waals surface area contributed by atoms with E-state index in [2.05, 4.69) is 66.1 Å². The van der Waals surface area contributed by atoms with Gasteiger partial charge in [0.1, 0.15) is 5.75 Å². The third kappa shape index (κ3) is 5.93. The number of fused-ring (bicyclic) bond motifs is 1. The van der Waals surface area contributed by atoms with Crippen molar-refractivity contribution in [1.82, 2.24) is 4.57 Å². The van der Waals surface area contributed by atoms with E-state index in [-0.39, 0.29) is 17.7 Å². The largest absolute Gasteiger partial charge is 0.493 e. The van der Waals surface area contributed by atoms with E-state index < -0.39 is 12.0 Å². The van der Waals surface area contributed by atoms with Crippen molar-refractivity contribution in [2.45, 2.75) is 26.8 Å². The number of methoxy groups -OCH3 is 2. The summed E-state index contributed by atoms with van der Waals surface area (Å²) in [5.74, 6) is 1.27. The number of allylic oxidation sites excluding steroid dienone is 1. The molecule has 0 saturated carbocycles. The number of carbonyl (C=O) groups is 1. The van der Waals surface area contributed by atoms with Gasteiger partial charge in [0.05, 0.1) is 56.4 Å². The topological polar surface area (TPSA) is 88.4 Å². The minimum absolute atomic E-state index is 0.189. The first-order chi connectivity index (χ1) is 18.6. The molecule has 0 fully saturated rings. The molecule has 0 unspecified atom stereocenters. The lowest BCUT2D eigenvalue weighted by atomic mass is 9.95. The monoisotopic (exact) mass is 838 g/mol. The molecular formula is C27H25BrI2N2O6S. The molecule has 0 aliphatic carbocycles. The normalized spacial score (nSPS) is 15.1. The van der Waals surface area contributed by atoms with Gasteiger partial charge in [-0.25, -0.2) is 9.79 Å². The number of halogens is 3. The molecule has 1 atom stereocenters. The van der Waals surface area contributed by atoms with E-state index in [1.165, 1.54) is 18.4 Å². The van der Waals surface area contributed by atoms with Crippen LogP contribution in [-0.4, -0.2) is 38.0 Å². The molecule has 0 radical (unpaired) electrons. The maximum atomic E-state index is 14.0. The Balaban J connectivity index is 1.98. The maximum absolute atomic E-state index is 14.0. The van der Waals surface area contributed by atoms with Gasteiger partial charge in [0.25, 0.3) is 5.56 Å². The zero-order valence-electron chi connectivity index (χ0n) is 21.8. The molecule has 0 bridgehead atoms. The van der Waals surface area contributed by atoms with Crippen molar-refractivity contribution in [3.8, 4) is 17.2 Å². The Bertz CT molecular complexity index is 1640. The molecule has 206 valence electrons. The highest BCUT2D eigenvalue weighted by molar-refractivity contribution is 14.1. The number of esters is 1. The van der Waals surface area contributed by atoms with Gasteiger partial charge in [-0.05, 0) is 107 Å². The van der Waals surface area contributed by atoms with Crippen molar-refractivity contribution < 1.29 is 23.7 Å². The smallest absolute Gasteiger partial charge is 0.338 e. The minimum Gasteiger partial charge on any atom is -0.493 e. The predicted octanol–water partition coefficient (Wildman–Crippen LogP) is 5.19. The fraction of sp³-hybridized carbons (Fsp3) is 0.296. The van der Waals surface area contributed by atoms with Crippen LogP contribution < -0.4 is 29.1 Å². The van der Waals surface area contributed by atoms with E-state index in [9.17, 15) is 9.59 Å². The molecule has 1 aliphatic heterocycles. The molecule has 39 heavy (non-hydrogen) atoms. The molecule has 2 aromatic carbocycles. The molecule has 0 spiro atoms.